The van der Waals surface area contributed by atoms with Crippen molar-refractivity contribution in [3.63, 3.8) is 0 Å². The van der Waals surface area contributed by atoms with Gasteiger partial charge >= 0.3 is 0 Å². The third-order valence-corrected chi connectivity index (χ3v) is 3.85. The summed E-state index contributed by atoms with van der Waals surface area (Å²) < 4.78 is 11.4. The van der Waals surface area contributed by atoms with Gasteiger partial charge in [0.15, 0.2) is 0 Å². The molecule has 0 aliphatic heterocycles. The maximum absolute atomic E-state index is 10.7. The fraction of sp³-hybridized carbons (Fsp3) is 0.263. The molecule has 5 heteroatoms. The first-order valence-corrected chi connectivity index (χ1v) is 7.98. The average molecular weight is 324 g/mol. The molecule has 3 rings (SSSR count). The summed E-state index contributed by atoms with van der Waals surface area (Å²) in [5, 5.41) is 0. The molecule has 0 bridgehead atoms. The van der Waals surface area contributed by atoms with Crippen LogP contribution in [0.4, 0.5) is 0 Å². The van der Waals surface area contributed by atoms with Crippen LogP contribution in [0.5, 0.6) is 5.75 Å². The summed E-state index contributed by atoms with van der Waals surface area (Å²) in [6.45, 7) is 5.01. The van der Waals surface area contributed by atoms with Crippen molar-refractivity contribution in [2.24, 2.45) is 0 Å². The Kier molecular flexibility index (Phi) is 4.91. The van der Waals surface area contributed by atoms with Crippen molar-refractivity contribution in [2.45, 2.75) is 26.6 Å². The van der Waals surface area contributed by atoms with E-state index < -0.39 is 0 Å². The first-order chi connectivity index (χ1) is 11.7. The fourth-order valence-electron chi connectivity index (χ4n) is 2.65. The van der Waals surface area contributed by atoms with Gasteiger partial charge in [0.1, 0.15) is 24.5 Å². The quantitative estimate of drug-likeness (QED) is 0.666. The Morgan fingerprint density at radius 3 is 2.71 bits per heavy atom. The average Bonchev–Trinajstić information content (AvgIpc) is 3.03. The maximum Gasteiger partial charge on any atom is 0.150 e. The Bertz CT molecular complexity index is 824. The largest absolute Gasteiger partial charge is 0.486 e. The second kappa shape index (κ2) is 7.27. The molecule has 1 atom stereocenters. The summed E-state index contributed by atoms with van der Waals surface area (Å²) in [6, 6.07) is 13.0. The monoisotopic (exact) mass is 324 g/mol. The summed E-state index contributed by atoms with van der Waals surface area (Å²) in [5.41, 5.74) is 3.59. The van der Waals surface area contributed by atoms with Crippen molar-refractivity contribution >= 4 is 17.3 Å². The Hall–Kier alpha value is -2.66. The molecule has 1 N–H and O–H groups in total. The molecule has 0 radical (unpaired) electrons. The van der Waals surface area contributed by atoms with Gasteiger partial charge in [-0.3, -0.25) is 4.79 Å². The Labute approximate surface area is 140 Å². The van der Waals surface area contributed by atoms with Gasteiger partial charge in [-0.15, -0.1) is 0 Å². The lowest BCUT2D eigenvalue weighted by atomic mass is 10.1. The number of nitrogens with zero attached hydrogens (tertiary/aromatic N) is 1. The first kappa shape index (κ1) is 16.2. The number of aldehydes is 1. The minimum absolute atomic E-state index is 0.00352. The fourth-order valence-corrected chi connectivity index (χ4v) is 2.65. The summed E-state index contributed by atoms with van der Waals surface area (Å²) in [7, 11) is 0. The van der Waals surface area contributed by atoms with E-state index in [0.717, 1.165) is 28.7 Å². The van der Waals surface area contributed by atoms with Crippen LogP contribution in [0.2, 0.25) is 0 Å². The van der Waals surface area contributed by atoms with E-state index >= 15 is 0 Å². The molecule has 0 saturated heterocycles. The normalized spacial score (nSPS) is 12.2. The SMILES string of the molecule is CCOC(C)c1cccc2nc(COc3ccc(C=O)cc3)[nH]c12. The number of aromatic nitrogens is 2. The van der Waals surface area contributed by atoms with Crippen molar-refractivity contribution in [1.82, 2.24) is 9.97 Å². The third-order valence-electron chi connectivity index (χ3n) is 3.85. The molecule has 1 unspecified atom stereocenters. The van der Waals surface area contributed by atoms with Crippen molar-refractivity contribution in [3.8, 4) is 5.75 Å². The second-order valence-corrected chi connectivity index (χ2v) is 5.50. The number of fused-ring (bicyclic) bond motifs is 1. The Balaban J connectivity index is 1.77. The molecule has 0 saturated carbocycles. The van der Waals surface area contributed by atoms with Gasteiger partial charge in [-0.25, -0.2) is 4.98 Å². The molecule has 24 heavy (non-hydrogen) atoms. The molecular formula is C19H20N2O3. The minimum atomic E-state index is 0.00352. The Morgan fingerprint density at radius 1 is 1.21 bits per heavy atom. The van der Waals surface area contributed by atoms with Gasteiger partial charge in [-0.1, -0.05) is 12.1 Å². The molecule has 0 spiro atoms. The molecule has 0 amide bonds. The van der Waals surface area contributed by atoms with Gasteiger partial charge in [-0.2, -0.15) is 0 Å². The molecule has 0 fully saturated rings. The molecule has 5 nitrogen and oxygen atoms in total. The number of carbonyl (C=O) groups excluding carboxylic acids is 1. The van der Waals surface area contributed by atoms with Gasteiger partial charge in [0.2, 0.25) is 0 Å². The summed E-state index contributed by atoms with van der Waals surface area (Å²) >= 11 is 0. The number of carbonyl (C=O) groups is 1. The van der Waals surface area contributed by atoms with Crippen LogP contribution in [0.25, 0.3) is 11.0 Å². The lowest BCUT2D eigenvalue weighted by Crippen LogP contribution is -2.00. The second-order valence-electron chi connectivity index (χ2n) is 5.50. The van der Waals surface area contributed by atoms with Gasteiger partial charge < -0.3 is 14.5 Å². The van der Waals surface area contributed by atoms with Gasteiger partial charge in [0.05, 0.1) is 17.1 Å². The highest BCUT2D eigenvalue weighted by molar-refractivity contribution is 5.79. The zero-order chi connectivity index (χ0) is 16.9. The van der Waals surface area contributed by atoms with Crippen molar-refractivity contribution in [1.29, 1.82) is 0 Å². The molecule has 1 heterocycles. The minimum Gasteiger partial charge on any atom is -0.486 e. The van der Waals surface area contributed by atoms with Crippen molar-refractivity contribution in [3.05, 3.63) is 59.4 Å². The number of hydrogen-bond acceptors (Lipinski definition) is 4. The zero-order valence-electron chi connectivity index (χ0n) is 13.8. The van der Waals surface area contributed by atoms with Crippen LogP contribution in [-0.4, -0.2) is 22.9 Å². The number of rotatable bonds is 7. The van der Waals surface area contributed by atoms with E-state index in [1.165, 1.54) is 0 Å². The van der Waals surface area contributed by atoms with Crippen LogP contribution in [0.15, 0.2) is 42.5 Å². The smallest absolute Gasteiger partial charge is 0.150 e. The number of ether oxygens (including phenoxy) is 2. The highest BCUT2D eigenvalue weighted by Gasteiger charge is 2.13. The van der Waals surface area contributed by atoms with Crippen LogP contribution < -0.4 is 4.74 Å². The molecule has 1 aromatic heterocycles. The molecule has 0 aliphatic carbocycles. The van der Waals surface area contributed by atoms with Gasteiger partial charge in [0, 0.05) is 17.7 Å². The molecule has 3 aromatic rings. The molecule has 124 valence electrons. The number of aromatic amines is 1. The standard InChI is InChI=1S/C19H20N2O3/c1-3-23-13(2)16-5-4-6-17-19(16)21-18(20-17)12-24-15-9-7-14(11-22)8-10-15/h4-11,13H,3,12H2,1-2H3,(H,20,21). The van der Waals surface area contributed by atoms with Crippen molar-refractivity contribution < 1.29 is 14.3 Å². The predicted octanol–water partition coefficient (Wildman–Crippen LogP) is 4.05. The maximum atomic E-state index is 10.7. The number of nitrogens with one attached hydrogen (secondary N) is 1. The predicted molar refractivity (Wildman–Crippen MR) is 92.3 cm³/mol. The van der Waals surface area contributed by atoms with Crippen molar-refractivity contribution in [2.75, 3.05) is 6.61 Å². The van der Waals surface area contributed by atoms with E-state index in [-0.39, 0.29) is 6.10 Å². The van der Waals surface area contributed by atoms with Crippen LogP contribution in [-0.2, 0) is 11.3 Å². The lowest BCUT2D eigenvalue weighted by Gasteiger charge is -2.12. The summed E-state index contributed by atoms with van der Waals surface area (Å²) in [5.74, 6) is 1.45. The topological polar surface area (TPSA) is 64.2 Å². The van der Waals surface area contributed by atoms with Crippen LogP contribution in [0.1, 0.15) is 41.7 Å². The number of benzene rings is 2. The van der Waals surface area contributed by atoms with Crippen LogP contribution in [0, 0.1) is 0 Å². The van der Waals surface area contributed by atoms with E-state index in [2.05, 4.69) is 9.97 Å². The molecule has 0 aliphatic rings. The van der Waals surface area contributed by atoms with Crippen LogP contribution >= 0.6 is 0 Å². The van der Waals surface area contributed by atoms with Gasteiger partial charge in [-0.05, 0) is 44.2 Å². The van der Waals surface area contributed by atoms with E-state index in [9.17, 15) is 4.79 Å². The molecule has 2 aromatic carbocycles. The number of para-hydroxylation sites is 1. The van der Waals surface area contributed by atoms with E-state index in [0.29, 0.717) is 24.5 Å². The highest BCUT2D eigenvalue weighted by atomic mass is 16.5. The Morgan fingerprint density at radius 2 is 2.00 bits per heavy atom. The van der Waals surface area contributed by atoms with Gasteiger partial charge in [0.25, 0.3) is 0 Å². The van der Waals surface area contributed by atoms with E-state index in [1.54, 1.807) is 24.3 Å². The molecular weight excluding hydrogens is 304 g/mol. The van der Waals surface area contributed by atoms with E-state index in [1.807, 2.05) is 32.0 Å². The number of H-pyrrole nitrogens is 1. The summed E-state index contributed by atoms with van der Waals surface area (Å²) in [6.07, 6.45) is 0.813. The first-order valence-electron chi connectivity index (χ1n) is 7.98. The number of imidazole rings is 1. The third kappa shape index (κ3) is 3.46. The highest BCUT2D eigenvalue weighted by Crippen LogP contribution is 2.25. The lowest BCUT2D eigenvalue weighted by molar-refractivity contribution is 0.0773. The number of hydrogen-bond donors (Lipinski definition) is 1. The van der Waals surface area contributed by atoms with Crippen LogP contribution in [0.3, 0.4) is 0 Å². The zero-order valence-corrected chi connectivity index (χ0v) is 13.8. The van der Waals surface area contributed by atoms with E-state index in [4.69, 9.17) is 9.47 Å². The summed E-state index contributed by atoms with van der Waals surface area (Å²) in [4.78, 5) is 18.6.